The van der Waals surface area contributed by atoms with Crippen LogP contribution in [0.3, 0.4) is 0 Å². The van der Waals surface area contributed by atoms with Gasteiger partial charge in [0.1, 0.15) is 18.9 Å². The molecule has 146 valence electrons. The van der Waals surface area contributed by atoms with Gasteiger partial charge in [-0.15, -0.1) is 5.10 Å². The standard InChI is InChI=1S/C19H13F3N6O/c20-19(21,22)16-7-24-4-3-15(16)12-1-2-13-8-27(9-14(13)5-12)18(29)10-28-11-25-17(6-23)26-28/h1-5,7,11H,8-10H2. The highest BCUT2D eigenvalue weighted by Crippen LogP contribution is 2.37. The normalized spacial score (nSPS) is 13.2. The van der Waals surface area contributed by atoms with Gasteiger partial charge in [0.15, 0.2) is 0 Å². The van der Waals surface area contributed by atoms with E-state index in [2.05, 4.69) is 15.1 Å². The summed E-state index contributed by atoms with van der Waals surface area (Å²) in [6, 6.07) is 8.16. The van der Waals surface area contributed by atoms with Gasteiger partial charge in [0.2, 0.25) is 5.91 Å². The van der Waals surface area contributed by atoms with E-state index in [4.69, 9.17) is 5.26 Å². The van der Waals surface area contributed by atoms with Crippen molar-refractivity contribution in [1.29, 1.82) is 5.26 Å². The van der Waals surface area contributed by atoms with Crippen molar-refractivity contribution in [3.05, 3.63) is 65.5 Å². The molecule has 29 heavy (non-hydrogen) atoms. The van der Waals surface area contributed by atoms with E-state index in [1.54, 1.807) is 29.2 Å². The van der Waals surface area contributed by atoms with E-state index in [-0.39, 0.29) is 30.4 Å². The minimum absolute atomic E-state index is 0.0232. The molecule has 1 amide bonds. The fraction of sp³-hybridized carbons (Fsp3) is 0.211. The predicted octanol–water partition coefficient (Wildman–Crippen LogP) is 2.77. The Morgan fingerprint density at radius 1 is 1.21 bits per heavy atom. The third kappa shape index (κ3) is 3.67. The number of nitrogens with zero attached hydrogens (tertiary/aromatic N) is 6. The summed E-state index contributed by atoms with van der Waals surface area (Å²) in [5.41, 5.74) is 1.33. The van der Waals surface area contributed by atoms with Gasteiger partial charge in [0.05, 0.1) is 5.56 Å². The van der Waals surface area contributed by atoms with Crippen LogP contribution in [-0.2, 0) is 30.6 Å². The minimum Gasteiger partial charge on any atom is -0.332 e. The summed E-state index contributed by atoms with van der Waals surface area (Å²) in [5, 5.41) is 12.6. The molecular weight excluding hydrogens is 385 g/mol. The number of nitriles is 1. The first-order valence-electron chi connectivity index (χ1n) is 8.56. The second-order valence-electron chi connectivity index (χ2n) is 6.53. The topological polar surface area (TPSA) is 87.7 Å². The Labute approximate surface area is 163 Å². The van der Waals surface area contributed by atoms with Crippen molar-refractivity contribution in [3.8, 4) is 17.2 Å². The average molecular weight is 398 g/mol. The molecule has 0 radical (unpaired) electrons. The van der Waals surface area contributed by atoms with Crippen LogP contribution in [0, 0.1) is 11.3 Å². The van der Waals surface area contributed by atoms with Crippen molar-refractivity contribution in [2.24, 2.45) is 0 Å². The van der Waals surface area contributed by atoms with Gasteiger partial charge in [-0.25, -0.2) is 9.67 Å². The minimum atomic E-state index is -4.51. The number of halogens is 3. The molecule has 0 atom stereocenters. The number of amides is 1. The van der Waals surface area contributed by atoms with Gasteiger partial charge in [-0.2, -0.15) is 18.4 Å². The lowest BCUT2D eigenvalue weighted by Crippen LogP contribution is -2.29. The van der Waals surface area contributed by atoms with E-state index < -0.39 is 11.7 Å². The summed E-state index contributed by atoms with van der Waals surface area (Å²) in [6.45, 7) is 0.572. The zero-order valence-corrected chi connectivity index (χ0v) is 14.9. The molecule has 1 aliphatic heterocycles. The Morgan fingerprint density at radius 3 is 2.72 bits per heavy atom. The van der Waals surface area contributed by atoms with Crippen LogP contribution < -0.4 is 0 Å². The van der Waals surface area contributed by atoms with Gasteiger partial charge in [-0.1, -0.05) is 12.1 Å². The van der Waals surface area contributed by atoms with Crippen LogP contribution in [0.1, 0.15) is 22.5 Å². The number of alkyl halides is 3. The molecule has 3 aromatic rings. The lowest BCUT2D eigenvalue weighted by Gasteiger charge is -2.15. The molecule has 7 nitrogen and oxygen atoms in total. The van der Waals surface area contributed by atoms with Gasteiger partial charge in [-0.3, -0.25) is 9.78 Å². The second-order valence-corrected chi connectivity index (χ2v) is 6.53. The van der Waals surface area contributed by atoms with Gasteiger partial charge < -0.3 is 4.90 Å². The van der Waals surface area contributed by atoms with E-state index in [1.165, 1.54) is 23.3 Å². The zero-order chi connectivity index (χ0) is 20.6. The molecule has 0 N–H and O–H groups in total. The maximum Gasteiger partial charge on any atom is 0.418 e. The maximum atomic E-state index is 13.3. The first kappa shape index (κ1) is 18.6. The van der Waals surface area contributed by atoms with Gasteiger partial charge in [-0.05, 0) is 34.4 Å². The fourth-order valence-electron chi connectivity index (χ4n) is 3.27. The van der Waals surface area contributed by atoms with E-state index in [0.717, 1.165) is 17.3 Å². The zero-order valence-electron chi connectivity index (χ0n) is 14.9. The van der Waals surface area contributed by atoms with Gasteiger partial charge in [0.25, 0.3) is 5.82 Å². The Bertz CT molecular complexity index is 1130. The van der Waals surface area contributed by atoms with Crippen LogP contribution in [0.4, 0.5) is 13.2 Å². The van der Waals surface area contributed by atoms with Crippen LogP contribution in [0.2, 0.25) is 0 Å². The fourth-order valence-corrected chi connectivity index (χ4v) is 3.27. The van der Waals surface area contributed by atoms with Crippen LogP contribution in [0.25, 0.3) is 11.1 Å². The van der Waals surface area contributed by atoms with Crippen molar-refractivity contribution < 1.29 is 18.0 Å². The summed E-state index contributed by atoms with van der Waals surface area (Å²) >= 11 is 0. The summed E-state index contributed by atoms with van der Waals surface area (Å²) in [7, 11) is 0. The summed E-state index contributed by atoms with van der Waals surface area (Å²) in [5.74, 6) is -0.248. The van der Waals surface area contributed by atoms with Crippen LogP contribution in [-0.4, -0.2) is 30.6 Å². The Morgan fingerprint density at radius 2 is 2.00 bits per heavy atom. The highest BCUT2D eigenvalue weighted by atomic mass is 19.4. The molecule has 0 saturated carbocycles. The number of carbonyl (C=O) groups is 1. The summed E-state index contributed by atoms with van der Waals surface area (Å²) < 4.78 is 41.1. The predicted molar refractivity (Wildman–Crippen MR) is 93.7 cm³/mol. The van der Waals surface area contributed by atoms with Crippen molar-refractivity contribution in [2.45, 2.75) is 25.8 Å². The molecule has 0 fully saturated rings. The summed E-state index contributed by atoms with van der Waals surface area (Å²) in [4.78, 5) is 21.4. The lowest BCUT2D eigenvalue weighted by molar-refractivity contribution is -0.137. The average Bonchev–Trinajstić information content (AvgIpc) is 3.33. The van der Waals surface area contributed by atoms with E-state index in [1.807, 2.05) is 0 Å². The number of benzene rings is 1. The number of rotatable bonds is 3. The Kier molecular flexibility index (Phi) is 4.50. The lowest BCUT2D eigenvalue weighted by atomic mass is 9.98. The third-order valence-corrected chi connectivity index (χ3v) is 4.65. The van der Waals surface area contributed by atoms with Crippen LogP contribution in [0.5, 0.6) is 0 Å². The molecule has 10 heteroatoms. The van der Waals surface area contributed by atoms with E-state index in [0.29, 0.717) is 12.1 Å². The third-order valence-electron chi connectivity index (χ3n) is 4.65. The number of aromatic nitrogens is 4. The van der Waals surface area contributed by atoms with Gasteiger partial charge >= 0.3 is 6.18 Å². The molecule has 0 saturated heterocycles. The number of pyridine rings is 1. The molecule has 2 aromatic heterocycles. The number of fused-ring (bicyclic) bond motifs is 1. The number of carbonyl (C=O) groups excluding carboxylic acids is 1. The van der Waals surface area contributed by atoms with Gasteiger partial charge in [0, 0.05) is 25.5 Å². The maximum absolute atomic E-state index is 13.3. The molecule has 0 bridgehead atoms. The highest BCUT2D eigenvalue weighted by Gasteiger charge is 2.34. The number of hydrogen-bond acceptors (Lipinski definition) is 5. The largest absolute Gasteiger partial charge is 0.418 e. The van der Waals surface area contributed by atoms with Crippen LogP contribution in [0.15, 0.2) is 43.0 Å². The summed E-state index contributed by atoms with van der Waals surface area (Å²) in [6.07, 6.45) is -1.07. The molecule has 1 aromatic carbocycles. The second kappa shape index (κ2) is 7.01. The molecular formula is C19H13F3N6O. The molecule has 1 aliphatic rings. The number of hydrogen-bond donors (Lipinski definition) is 0. The molecule has 0 spiro atoms. The first-order valence-corrected chi connectivity index (χ1v) is 8.56. The van der Waals surface area contributed by atoms with E-state index >= 15 is 0 Å². The van der Waals surface area contributed by atoms with Crippen LogP contribution >= 0.6 is 0 Å². The Hall–Kier alpha value is -3.74. The molecule has 3 heterocycles. The highest BCUT2D eigenvalue weighted by molar-refractivity contribution is 5.77. The first-order chi connectivity index (χ1) is 13.8. The molecule has 4 rings (SSSR count). The van der Waals surface area contributed by atoms with Crippen molar-refractivity contribution in [1.82, 2.24) is 24.6 Å². The quantitative estimate of drug-likeness (QED) is 0.677. The van der Waals surface area contributed by atoms with E-state index in [9.17, 15) is 18.0 Å². The monoisotopic (exact) mass is 398 g/mol. The van der Waals surface area contributed by atoms with Crippen molar-refractivity contribution >= 4 is 5.91 Å². The molecule has 0 aliphatic carbocycles. The smallest absolute Gasteiger partial charge is 0.332 e. The molecule has 0 unspecified atom stereocenters. The SMILES string of the molecule is N#Cc1ncn(CC(=O)N2Cc3ccc(-c4ccncc4C(F)(F)F)cc3C2)n1. The van der Waals surface area contributed by atoms with Crippen molar-refractivity contribution in [2.75, 3.05) is 0 Å². The van der Waals surface area contributed by atoms with Crippen molar-refractivity contribution in [3.63, 3.8) is 0 Å². The Balaban J connectivity index is 1.55.